The smallest absolute Gasteiger partial charge is 0.407 e. The molecular weight excluding hydrogens is 180 g/mol. The molecular formula is C10H23N2O2+. The lowest BCUT2D eigenvalue weighted by Gasteiger charge is -2.24. The predicted octanol–water partition coefficient (Wildman–Crippen LogP) is 1.22. The van der Waals surface area contributed by atoms with E-state index >= 15 is 0 Å². The molecule has 0 aliphatic heterocycles. The number of amides is 1. The maximum absolute atomic E-state index is 11.2. The summed E-state index contributed by atoms with van der Waals surface area (Å²) in [6.07, 6.45) is -0.342. The molecule has 0 aromatic carbocycles. The number of nitrogens with one attached hydrogen (secondary N) is 1. The molecule has 4 nitrogen and oxygen atoms in total. The van der Waals surface area contributed by atoms with Crippen molar-refractivity contribution in [2.45, 2.75) is 26.4 Å². The largest absolute Gasteiger partial charge is 0.444 e. The monoisotopic (exact) mass is 203 g/mol. The fraction of sp³-hybridized carbons (Fsp3) is 0.900. The topological polar surface area (TPSA) is 38.3 Å². The Bertz CT molecular complexity index is 189. The highest BCUT2D eigenvalue weighted by atomic mass is 16.6. The summed E-state index contributed by atoms with van der Waals surface area (Å²) >= 11 is 0. The van der Waals surface area contributed by atoms with Crippen molar-refractivity contribution < 1.29 is 14.0 Å². The molecule has 4 heteroatoms. The van der Waals surface area contributed by atoms with Crippen LogP contribution in [0, 0.1) is 0 Å². The summed E-state index contributed by atoms with van der Waals surface area (Å²) in [5.41, 5.74) is -0.416. The van der Waals surface area contributed by atoms with E-state index in [1.165, 1.54) is 0 Å². The summed E-state index contributed by atoms with van der Waals surface area (Å²) < 4.78 is 5.92. The molecule has 1 N–H and O–H groups in total. The van der Waals surface area contributed by atoms with Crippen molar-refractivity contribution in [2.75, 3.05) is 34.2 Å². The van der Waals surface area contributed by atoms with Gasteiger partial charge in [0.15, 0.2) is 0 Å². The van der Waals surface area contributed by atoms with E-state index < -0.39 is 5.60 Å². The number of likely N-dealkylation sites (N-methyl/N-ethyl adjacent to an activating group) is 1. The molecule has 0 saturated heterocycles. The third kappa shape index (κ3) is 9.32. The summed E-state index contributed by atoms with van der Waals surface area (Å²) in [7, 11) is 6.24. The van der Waals surface area contributed by atoms with Crippen molar-refractivity contribution in [3.05, 3.63) is 0 Å². The molecule has 0 saturated carbocycles. The third-order valence-electron chi connectivity index (χ3n) is 1.45. The van der Waals surface area contributed by atoms with Crippen LogP contribution in [0.15, 0.2) is 0 Å². The van der Waals surface area contributed by atoms with E-state index in [-0.39, 0.29) is 6.09 Å². The van der Waals surface area contributed by atoms with Crippen LogP contribution in [-0.4, -0.2) is 50.4 Å². The van der Waals surface area contributed by atoms with E-state index in [1.807, 2.05) is 20.8 Å². The number of carbonyl (C=O) groups excluding carboxylic acids is 1. The van der Waals surface area contributed by atoms with Crippen LogP contribution in [0.4, 0.5) is 4.79 Å². The van der Waals surface area contributed by atoms with Gasteiger partial charge in [0.1, 0.15) is 5.60 Å². The second-order valence-corrected chi connectivity index (χ2v) is 5.44. The van der Waals surface area contributed by atoms with Gasteiger partial charge in [0, 0.05) is 0 Å². The molecule has 0 fully saturated rings. The fourth-order valence-corrected chi connectivity index (χ4v) is 0.808. The van der Waals surface area contributed by atoms with Crippen molar-refractivity contribution in [2.24, 2.45) is 0 Å². The summed E-state index contributed by atoms with van der Waals surface area (Å²) in [5, 5.41) is 2.72. The fourth-order valence-electron chi connectivity index (χ4n) is 0.808. The lowest BCUT2D eigenvalue weighted by Crippen LogP contribution is -2.43. The zero-order chi connectivity index (χ0) is 11.4. The van der Waals surface area contributed by atoms with Gasteiger partial charge >= 0.3 is 6.09 Å². The molecule has 0 bridgehead atoms. The number of hydrogen-bond donors (Lipinski definition) is 1. The number of quaternary nitrogens is 1. The van der Waals surface area contributed by atoms with Gasteiger partial charge in [-0.2, -0.15) is 0 Å². The van der Waals surface area contributed by atoms with Crippen LogP contribution in [-0.2, 0) is 4.74 Å². The number of alkyl carbamates (subject to hydrolysis) is 1. The quantitative estimate of drug-likeness (QED) is 0.700. The van der Waals surface area contributed by atoms with Gasteiger partial charge in [-0.1, -0.05) is 0 Å². The minimum Gasteiger partial charge on any atom is -0.444 e. The standard InChI is InChI=1S/C10H22N2O2/c1-10(2,3)14-9(13)11-7-8-12(4,5)6/h7-8H2,1-6H3/p+1. The number of nitrogens with zero attached hydrogens (tertiary/aromatic N) is 1. The molecule has 0 unspecified atom stereocenters. The molecule has 0 heterocycles. The summed E-state index contributed by atoms with van der Waals surface area (Å²) in [5.74, 6) is 0. The second-order valence-electron chi connectivity index (χ2n) is 5.44. The molecule has 0 spiro atoms. The Morgan fingerprint density at radius 1 is 1.29 bits per heavy atom. The number of carbonyl (C=O) groups is 1. The van der Waals surface area contributed by atoms with Gasteiger partial charge in [-0.15, -0.1) is 0 Å². The SMILES string of the molecule is CC(C)(C)OC(=O)NCC[N+](C)(C)C. The van der Waals surface area contributed by atoms with Crippen LogP contribution in [0.5, 0.6) is 0 Å². The Balaban J connectivity index is 3.66. The highest BCUT2D eigenvalue weighted by molar-refractivity contribution is 5.67. The van der Waals surface area contributed by atoms with Gasteiger partial charge in [-0.05, 0) is 20.8 Å². The third-order valence-corrected chi connectivity index (χ3v) is 1.45. The Morgan fingerprint density at radius 3 is 2.14 bits per heavy atom. The molecule has 0 aliphatic rings. The molecule has 0 aromatic rings. The molecule has 0 aliphatic carbocycles. The average molecular weight is 203 g/mol. The maximum Gasteiger partial charge on any atom is 0.407 e. The minimum atomic E-state index is -0.416. The molecule has 84 valence electrons. The zero-order valence-electron chi connectivity index (χ0n) is 10.2. The van der Waals surface area contributed by atoms with Crippen molar-refractivity contribution >= 4 is 6.09 Å². The van der Waals surface area contributed by atoms with Crippen molar-refractivity contribution in [1.29, 1.82) is 0 Å². The first-order valence-electron chi connectivity index (χ1n) is 4.87. The first-order valence-corrected chi connectivity index (χ1v) is 4.87. The molecule has 1 amide bonds. The van der Waals surface area contributed by atoms with Crippen LogP contribution >= 0.6 is 0 Å². The molecule has 0 aromatic heterocycles. The van der Waals surface area contributed by atoms with Crippen LogP contribution in [0.3, 0.4) is 0 Å². The van der Waals surface area contributed by atoms with Gasteiger partial charge in [-0.25, -0.2) is 4.79 Å². The Hall–Kier alpha value is -0.770. The van der Waals surface area contributed by atoms with Gasteiger partial charge in [0.25, 0.3) is 0 Å². The van der Waals surface area contributed by atoms with Gasteiger partial charge < -0.3 is 14.5 Å². The number of rotatable bonds is 3. The highest BCUT2D eigenvalue weighted by Gasteiger charge is 2.16. The lowest BCUT2D eigenvalue weighted by atomic mass is 10.2. The van der Waals surface area contributed by atoms with Crippen LogP contribution in [0.2, 0.25) is 0 Å². The molecule has 0 rings (SSSR count). The van der Waals surface area contributed by atoms with E-state index in [0.717, 1.165) is 11.0 Å². The van der Waals surface area contributed by atoms with E-state index in [9.17, 15) is 4.79 Å². The Labute approximate surface area is 86.8 Å². The summed E-state index contributed by atoms with van der Waals surface area (Å²) in [6.45, 7) is 7.09. The predicted molar refractivity (Wildman–Crippen MR) is 57.1 cm³/mol. The summed E-state index contributed by atoms with van der Waals surface area (Å²) in [4.78, 5) is 11.2. The Morgan fingerprint density at radius 2 is 1.79 bits per heavy atom. The van der Waals surface area contributed by atoms with E-state index in [2.05, 4.69) is 26.5 Å². The number of ether oxygens (including phenoxy) is 1. The summed E-state index contributed by atoms with van der Waals surface area (Å²) in [6, 6.07) is 0. The zero-order valence-corrected chi connectivity index (χ0v) is 10.2. The number of hydrogen-bond acceptors (Lipinski definition) is 2. The second kappa shape index (κ2) is 4.64. The van der Waals surface area contributed by atoms with Crippen LogP contribution in [0.1, 0.15) is 20.8 Å². The van der Waals surface area contributed by atoms with E-state index in [4.69, 9.17) is 4.74 Å². The minimum absolute atomic E-state index is 0.342. The van der Waals surface area contributed by atoms with Crippen molar-refractivity contribution in [3.63, 3.8) is 0 Å². The van der Waals surface area contributed by atoms with Crippen molar-refractivity contribution in [3.8, 4) is 0 Å². The molecule has 0 atom stereocenters. The van der Waals surface area contributed by atoms with Gasteiger partial charge in [0.2, 0.25) is 0 Å². The van der Waals surface area contributed by atoms with Crippen LogP contribution < -0.4 is 5.32 Å². The lowest BCUT2D eigenvalue weighted by molar-refractivity contribution is -0.869. The van der Waals surface area contributed by atoms with E-state index in [1.54, 1.807) is 0 Å². The molecule has 0 radical (unpaired) electrons. The molecule has 14 heavy (non-hydrogen) atoms. The average Bonchev–Trinajstić information content (AvgIpc) is 1.78. The van der Waals surface area contributed by atoms with Gasteiger partial charge in [0.05, 0.1) is 34.2 Å². The van der Waals surface area contributed by atoms with E-state index in [0.29, 0.717) is 6.54 Å². The van der Waals surface area contributed by atoms with Gasteiger partial charge in [-0.3, -0.25) is 0 Å². The normalized spacial score (nSPS) is 12.4. The Kier molecular flexibility index (Phi) is 4.39. The maximum atomic E-state index is 11.2. The highest BCUT2D eigenvalue weighted by Crippen LogP contribution is 2.06. The van der Waals surface area contributed by atoms with Crippen molar-refractivity contribution in [1.82, 2.24) is 5.32 Å². The first-order chi connectivity index (χ1) is 6.10. The first kappa shape index (κ1) is 13.2. The van der Waals surface area contributed by atoms with Crippen LogP contribution in [0.25, 0.3) is 0 Å².